The van der Waals surface area contributed by atoms with Crippen LogP contribution in [-0.4, -0.2) is 47.0 Å². The quantitative estimate of drug-likeness (QED) is 0.891. The normalized spacial score (nSPS) is 25.0. The molecule has 0 unspecified atom stereocenters. The third kappa shape index (κ3) is 3.72. The highest BCUT2D eigenvalue weighted by molar-refractivity contribution is 5.79. The van der Waals surface area contributed by atoms with E-state index in [2.05, 4.69) is 4.98 Å². The van der Waals surface area contributed by atoms with Gasteiger partial charge in [0.05, 0.1) is 18.2 Å². The second kappa shape index (κ2) is 7.25. The molecule has 1 aromatic rings. The first-order valence-corrected chi connectivity index (χ1v) is 8.36. The molecule has 2 aliphatic heterocycles. The topological polar surface area (TPSA) is 85.5 Å². The van der Waals surface area contributed by atoms with Gasteiger partial charge in [-0.15, -0.1) is 0 Å². The molecule has 1 aromatic heterocycles. The van der Waals surface area contributed by atoms with Crippen molar-refractivity contribution in [3.63, 3.8) is 0 Å². The molecule has 24 heavy (non-hydrogen) atoms. The zero-order valence-corrected chi connectivity index (χ0v) is 13.5. The van der Waals surface area contributed by atoms with Crippen LogP contribution >= 0.6 is 0 Å². The van der Waals surface area contributed by atoms with Crippen molar-refractivity contribution in [3.8, 4) is 0 Å². The minimum absolute atomic E-state index is 0.0129. The van der Waals surface area contributed by atoms with Crippen molar-refractivity contribution in [2.24, 2.45) is 11.7 Å². The van der Waals surface area contributed by atoms with E-state index in [-0.39, 0.29) is 24.1 Å². The van der Waals surface area contributed by atoms with Gasteiger partial charge in [0, 0.05) is 19.3 Å². The Balaban J connectivity index is 1.49. The molecule has 0 aromatic carbocycles. The molecule has 2 fully saturated rings. The number of aromatic nitrogens is 1. The Kier molecular flexibility index (Phi) is 5.08. The van der Waals surface area contributed by atoms with Crippen LogP contribution < -0.4 is 5.73 Å². The van der Waals surface area contributed by atoms with Crippen LogP contribution in [0.25, 0.3) is 0 Å². The maximum atomic E-state index is 13.6. The lowest BCUT2D eigenvalue weighted by atomic mass is 9.89. The van der Waals surface area contributed by atoms with Crippen LogP contribution in [0.15, 0.2) is 18.3 Å². The van der Waals surface area contributed by atoms with Crippen LogP contribution in [0.2, 0.25) is 0 Å². The van der Waals surface area contributed by atoms with E-state index < -0.39 is 17.8 Å². The third-order valence-corrected chi connectivity index (χ3v) is 4.94. The van der Waals surface area contributed by atoms with Crippen LogP contribution in [0.4, 0.5) is 4.39 Å². The average molecular weight is 335 g/mol. The van der Waals surface area contributed by atoms with Gasteiger partial charge < -0.3 is 15.4 Å². The Morgan fingerprint density at radius 1 is 1.29 bits per heavy atom. The molecular formula is C17H22FN3O3. The van der Waals surface area contributed by atoms with Crippen molar-refractivity contribution in [2.45, 2.75) is 44.3 Å². The van der Waals surface area contributed by atoms with Gasteiger partial charge >= 0.3 is 0 Å². The first kappa shape index (κ1) is 16.8. The smallest absolute Gasteiger partial charge is 0.246 e. The zero-order valence-electron chi connectivity index (χ0n) is 13.5. The van der Waals surface area contributed by atoms with E-state index in [9.17, 15) is 14.0 Å². The van der Waals surface area contributed by atoms with Crippen molar-refractivity contribution in [1.29, 1.82) is 0 Å². The van der Waals surface area contributed by atoms with Gasteiger partial charge in [0.25, 0.3) is 0 Å². The highest BCUT2D eigenvalue weighted by Crippen LogP contribution is 2.31. The molecule has 2 saturated heterocycles. The van der Waals surface area contributed by atoms with Gasteiger partial charge in [-0.1, -0.05) is 0 Å². The van der Waals surface area contributed by atoms with Crippen LogP contribution in [0, 0.1) is 11.7 Å². The monoisotopic (exact) mass is 335 g/mol. The number of hydrogen-bond donors (Lipinski definition) is 1. The number of likely N-dealkylation sites (tertiary alicyclic amines) is 1. The van der Waals surface area contributed by atoms with Gasteiger partial charge in [0.2, 0.25) is 11.8 Å². The molecule has 3 heterocycles. The second-order valence-electron chi connectivity index (χ2n) is 6.47. The summed E-state index contributed by atoms with van der Waals surface area (Å²) in [6.07, 6.45) is 4.23. The standard InChI is InChI=1S/C17H22FN3O3/c18-12-2-1-7-20-13(12)10-16(22)21-8-5-11(6-9-21)14-3-4-15(24-14)17(19)23/h1-2,7,11,14-15H,3-6,8-10H2,(H2,19,23)/t14-,15+/m0/s1. The summed E-state index contributed by atoms with van der Waals surface area (Å²) in [5.74, 6) is -0.613. The number of nitrogens with two attached hydrogens (primary N) is 1. The first-order chi connectivity index (χ1) is 11.5. The van der Waals surface area contributed by atoms with Gasteiger partial charge in [-0.3, -0.25) is 14.6 Å². The fourth-order valence-electron chi connectivity index (χ4n) is 3.54. The maximum Gasteiger partial charge on any atom is 0.246 e. The van der Waals surface area contributed by atoms with E-state index in [0.29, 0.717) is 25.4 Å². The Morgan fingerprint density at radius 3 is 2.67 bits per heavy atom. The Bertz CT molecular complexity index is 617. The predicted molar refractivity (Wildman–Crippen MR) is 84.3 cm³/mol. The van der Waals surface area contributed by atoms with E-state index in [0.717, 1.165) is 19.3 Å². The second-order valence-corrected chi connectivity index (χ2v) is 6.47. The molecule has 130 valence electrons. The van der Waals surface area contributed by atoms with Crippen molar-refractivity contribution in [2.75, 3.05) is 13.1 Å². The Hall–Kier alpha value is -2.02. The fraction of sp³-hybridized carbons (Fsp3) is 0.588. The number of carbonyl (C=O) groups excluding carboxylic acids is 2. The minimum atomic E-state index is -0.471. The number of nitrogens with zero attached hydrogens (tertiary/aromatic N) is 2. The largest absolute Gasteiger partial charge is 0.367 e. The number of rotatable bonds is 4. The third-order valence-electron chi connectivity index (χ3n) is 4.94. The van der Waals surface area contributed by atoms with Gasteiger partial charge in [0.15, 0.2) is 0 Å². The van der Waals surface area contributed by atoms with Crippen LogP contribution in [0.1, 0.15) is 31.4 Å². The molecule has 2 aliphatic rings. The zero-order chi connectivity index (χ0) is 17.1. The molecular weight excluding hydrogens is 313 g/mol. The van der Waals surface area contributed by atoms with Crippen molar-refractivity contribution in [1.82, 2.24) is 9.88 Å². The predicted octanol–water partition coefficient (Wildman–Crippen LogP) is 1.03. The molecule has 0 radical (unpaired) electrons. The lowest BCUT2D eigenvalue weighted by Crippen LogP contribution is -2.42. The lowest BCUT2D eigenvalue weighted by molar-refractivity contribution is -0.133. The van der Waals surface area contributed by atoms with E-state index >= 15 is 0 Å². The van der Waals surface area contributed by atoms with Crippen molar-refractivity contribution >= 4 is 11.8 Å². The van der Waals surface area contributed by atoms with Gasteiger partial charge in [0.1, 0.15) is 11.9 Å². The number of piperidine rings is 1. The van der Waals surface area contributed by atoms with Gasteiger partial charge in [-0.2, -0.15) is 0 Å². The summed E-state index contributed by atoms with van der Waals surface area (Å²) >= 11 is 0. The first-order valence-electron chi connectivity index (χ1n) is 8.36. The summed E-state index contributed by atoms with van der Waals surface area (Å²) in [6.45, 7) is 1.25. The minimum Gasteiger partial charge on any atom is -0.367 e. The molecule has 7 heteroatoms. The molecule has 6 nitrogen and oxygen atoms in total. The molecule has 0 bridgehead atoms. The molecule has 0 saturated carbocycles. The molecule has 0 aliphatic carbocycles. The number of primary amides is 1. The number of halogens is 1. The number of amides is 2. The summed E-state index contributed by atoms with van der Waals surface area (Å²) in [6, 6.07) is 2.82. The summed E-state index contributed by atoms with van der Waals surface area (Å²) < 4.78 is 19.3. The number of pyridine rings is 1. The van der Waals surface area contributed by atoms with E-state index in [1.165, 1.54) is 18.3 Å². The van der Waals surface area contributed by atoms with E-state index in [4.69, 9.17) is 10.5 Å². The number of hydrogen-bond acceptors (Lipinski definition) is 4. The molecule has 2 amide bonds. The number of carbonyl (C=O) groups is 2. The summed E-state index contributed by atoms with van der Waals surface area (Å²) in [7, 11) is 0. The summed E-state index contributed by atoms with van der Waals surface area (Å²) in [4.78, 5) is 29.2. The average Bonchev–Trinajstić information content (AvgIpc) is 3.07. The van der Waals surface area contributed by atoms with Crippen molar-refractivity contribution < 1.29 is 18.7 Å². The highest BCUT2D eigenvalue weighted by atomic mass is 19.1. The van der Waals surface area contributed by atoms with Crippen LogP contribution in [-0.2, 0) is 20.7 Å². The van der Waals surface area contributed by atoms with Crippen LogP contribution in [0.5, 0.6) is 0 Å². The summed E-state index contributed by atoms with van der Waals surface area (Å²) in [5.41, 5.74) is 5.47. The van der Waals surface area contributed by atoms with Crippen molar-refractivity contribution in [3.05, 3.63) is 29.8 Å². The van der Waals surface area contributed by atoms with E-state index in [1.807, 2.05) is 0 Å². The summed E-state index contributed by atoms with van der Waals surface area (Å²) in [5, 5.41) is 0. The Labute approximate surface area is 140 Å². The van der Waals surface area contributed by atoms with E-state index in [1.54, 1.807) is 4.90 Å². The maximum absolute atomic E-state index is 13.6. The SMILES string of the molecule is NC(=O)[C@H]1CC[C@@H](C2CCN(C(=O)Cc3ncccc3F)CC2)O1. The highest BCUT2D eigenvalue weighted by Gasteiger charge is 2.36. The Morgan fingerprint density at radius 2 is 2.04 bits per heavy atom. The number of ether oxygens (including phenoxy) is 1. The molecule has 3 rings (SSSR count). The van der Waals surface area contributed by atoms with Crippen LogP contribution in [0.3, 0.4) is 0 Å². The molecule has 2 N–H and O–H groups in total. The molecule has 2 atom stereocenters. The van der Waals surface area contributed by atoms with Gasteiger partial charge in [-0.05, 0) is 43.7 Å². The lowest BCUT2D eigenvalue weighted by Gasteiger charge is -2.34. The molecule has 0 spiro atoms. The fourth-order valence-corrected chi connectivity index (χ4v) is 3.54. The van der Waals surface area contributed by atoms with Gasteiger partial charge in [-0.25, -0.2) is 4.39 Å².